The highest BCUT2D eigenvalue weighted by molar-refractivity contribution is 7.91. The van der Waals surface area contributed by atoms with Crippen molar-refractivity contribution in [3.63, 3.8) is 0 Å². The van der Waals surface area contributed by atoms with E-state index in [0.717, 1.165) is 0 Å². The highest BCUT2D eigenvalue weighted by Crippen LogP contribution is 2.23. The van der Waals surface area contributed by atoms with Crippen LogP contribution >= 0.6 is 0 Å². The zero-order chi connectivity index (χ0) is 19.9. The van der Waals surface area contributed by atoms with Crippen molar-refractivity contribution in [2.75, 3.05) is 24.8 Å². The summed E-state index contributed by atoms with van der Waals surface area (Å²) < 4.78 is 34.6. The van der Waals surface area contributed by atoms with E-state index in [1.54, 1.807) is 31.2 Å². The van der Waals surface area contributed by atoms with E-state index >= 15 is 0 Å². The van der Waals surface area contributed by atoms with Gasteiger partial charge in [0.1, 0.15) is 11.5 Å². The van der Waals surface area contributed by atoms with Gasteiger partial charge < -0.3 is 14.8 Å². The maximum Gasteiger partial charge on any atom is 0.338 e. The van der Waals surface area contributed by atoms with Gasteiger partial charge in [-0.1, -0.05) is 24.3 Å². The van der Waals surface area contributed by atoms with Crippen molar-refractivity contribution in [1.82, 2.24) is 0 Å². The van der Waals surface area contributed by atoms with Gasteiger partial charge in [-0.2, -0.15) is 0 Å². The molecular weight excluding hydrogens is 370 g/mol. The zero-order valence-electron chi connectivity index (χ0n) is 15.1. The molecule has 0 atom stereocenters. The summed E-state index contributed by atoms with van der Waals surface area (Å²) in [7, 11) is -2.23. The predicted octanol–water partition coefficient (Wildman–Crippen LogP) is 2.43. The van der Waals surface area contributed by atoms with Crippen molar-refractivity contribution in [2.45, 2.75) is 12.7 Å². The second-order valence-corrected chi connectivity index (χ2v) is 7.76. The molecule has 0 heterocycles. The fraction of sp³-hybridized carbons (Fsp3) is 0.263. The number of nitrogens with one attached hydrogen (secondary N) is 1. The first-order valence-electron chi connectivity index (χ1n) is 8.24. The van der Waals surface area contributed by atoms with E-state index < -0.39 is 27.5 Å². The van der Waals surface area contributed by atoms with Crippen LogP contribution in [0.15, 0.2) is 48.5 Å². The summed E-state index contributed by atoms with van der Waals surface area (Å²) in [5, 5.41) is 2.54. The normalized spacial score (nSPS) is 10.9. The SMILES string of the molecule is CCOC(=O)c1ccc(CS(=O)(=O)CC(=O)Nc2ccccc2OC)cc1. The van der Waals surface area contributed by atoms with Gasteiger partial charge in [-0.25, -0.2) is 13.2 Å². The highest BCUT2D eigenvalue weighted by Gasteiger charge is 2.19. The molecule has 0 saturated carbocycles. The van der Waals surface area contributed by atoms with E-state index in [9.17, 15) is 18.0 Å². The molecule has 0 bridgehead atoms. The first-order chi connectivity index (χ1) is 12.8. The molecular formula is C19H21NO6S. The summed E-state index contributed by atoms with van der Waals surface area (Å²) in [6.45, 7) is 1.96. The topological polar surface area (TPSA) is 98.8 Å². The van der Waals surface area contributed by atoms with Gasteiger partial charge in [-0.15, -0.1) is 0 Å². The van der Waals surface area contributed by atoms with Gasteiger partial charge in [0, 0.05) is 0 Å². The fourth-order valence-corrected chi connectivity index (χ4v) is 3.66. The molecule has 1 amide bonds. The molecule has 0 unspecified atom stereocenters. The summed E-state index contributed by atoms with van der Waals surface area (Å²) in [4.78, 5) is 23.7. The molecule has 0 radical (unpaired) electrons. The van der Waals surface area contributed by atoms with Crippen LogP contribution in [0, 0.1) is 0 Å². The van der Waals surface area contributed by atoms with E-state index in [1.165, 1.54) is 31.4 Å². The third kappa shape index (κ3) is 6.10. The number of benzene rings is 2. The summed E-state index contributed by atoms with van der Waals surface area (Å²) in [5.41, 5.74) is 1.22. The van der Waals surface area contributed by atoms with Crippen LogP contribution in [0.2, 0.25) is 0 Å². The lowest BCUT2D eigenvalue weighted by Crippen LogP contribution is -2.24. The number of amides is 1. The number of ether oxygens (including phenoxy) is 2. The first-order valence-corrected chi connectivity index (χ1v) is 10.1. The number of esters is 1. The monoisotopic (exact) mass is 391 g/mol. The molecule has 0 fully saturated rings. The molecule has 144 valence electrons. The maximum atomic E-state index is 12.3. The Balaban J connectivity index is 2.00. The summed E-state index contributed by atoms with van der Waals surface area (Å²) in [6, 6.07) is 12.8. The van der Waals surface area contributed by atoms with E-state index in [4.69, 9.17) is 9.47 Å². The second-order valence-electron chi connectivity index (χ2n) is 5.70. The maximum absolute atomic E-state index is 12.3. The van der Waals surface area contributed by atoms with Crippen molar-refractivity contribution in [1.29, 1.82) is 0 Å². The Morgan fingerprint density at radius 3 is 2.33 bits per heavy atom. The van der Waals surface area contributed by atoms with Crippen LogP contribution in [0.3, 0.4) is 0 Å². The lowest BCUT2D eigenvalue weighted by atomic mass is 10.1. The van der Waals surface area contributed by atoms with Gasteiger partial charge in [-0.3, -0.25) is 4.79 Å². The molecule has 27 heavy (non-hydrogen) atoms. The third-order valence-corrected chi connectivity index (χ3v) is 5.06. The largest absolute Gasteiger partial charge is 0.495 e. The van der Waals surface area contributed by atoms with Gasteiger partial charge in [0.25, 0.3) is 0 Å². The van der Waals surface area contributed by atoms with Crippen LogP contribution in [0.5, 0.6) is 5.75 Å². The molecule has 7 nitrogen and oxygen atoms in total. The standard InChI is InChI=1S/C19H21NO6S/c1-3-26-19(22)15-10-8-14(9-11-15)12-27(23,24)13-18(21)20-16-6-4-5-7-17(16)25-2/h4-11H,3,12-13H2,1-2H3,(H,20,21). The Kier molecular flexibility index (Phi) is 6.95. The number of anilines is 1. The lowest BCUT2D eigenvalue weighted by molar-refractivity contribution is -0.113. The van der Waals surface area contributed by atoms with Crippen molar-refractivity contribution in [2.24, 2.45) is 0 Å². The second kappa shape index (κ2) is 9.18. The summed E-state index contributed by atoms with van der Waals surface area (Å²) in [5.74, 6) is -1.65. The van der Waals surface area contributed by atoms with Gasteiger partial charge >= 0.3 is 5.97 Å². The summed E-state index contributed by atoms with van der Waals surface area (Å²) in [6.07, 6.45) is 0. The minimum Gasteiger partial charge on any atom is -0.495 e. The van der Waals surface area contributed by atoms with Crippen molar-refractivity contribution < 1.29 is 27.5 Å². The molecule has 0 aromatic heterocycles. The Labute approximate surface area is 158 Å². The minimum atomic E-state index is -3.69. The number of carbonyl (C=O) groups excluding carboxylic acids is 2. The molecule has 0 saturated heterocycles. The van der Waals surface area contributed by atoms with E-state index in [2.05, 4.69) is 5.32 Å². The first kappa shape index (κ1) is 20.4. The molecule has 0 aliphatic heterocycles. The highest BCUT2D eigenvalue weighted by atomic mass is 32.2. The van der Waals surface area contributed by atoms with Crippen LogP contribution in [0.25, 0.3) is 0 Å². The molecule has 8 heteroatoms. The smallest absolute Gasteiger partial charge is 0.338 e. The average molecular weight is 391 g/mol. The quantitative estimate of drug-likeness (QED) is 0.694. The third-order valence-electron chi connectivity index (χ3n) is 3.58. The van der Waals surface area contributed by atoms with Crippen molar-refractivity contribution in [3.05, 3.63) is 59.7 Å². The Morgan fingerprint density at radius 2 is 1.70 bits per heavy atom. The molecule has 0 aliphatic rings. The number of methoxy groups -OCH3 is 1. The van der Waals surface area contributed by atoms with Gasteiger partial charge in [0.15, 0.2) is 9.84 Å². The van der Waals surface area contributed by atoms with Crippen molar-refractivity contribution in [3.8, 4) is 5.75 Å². The molecule has 0 spiro atoms. The number of rotatable bonds is 8. The zero-order valence-corrected chi connectivity index (χ0v) is 15.9. The minimum absolute atomic E-state index is 0.260. The molecule has 1 N–H and O–H groups in total. The number of hydrogen-bond donors (Lipinski definition) is 1. The average Bonchev–Trinajstić information content (AvgIpc) is 2.62. The predicted molar refractivity (Wildman–Crippen MR) is 102 cm³/mol. The Hall–Kier alpha value is -2.87. The van der Waals surface area contributed by atoms with Gasteiger partial charge in [-0.05, 0) is 36.8 Å². The van der Waals surface area contributed by atoms with Crippen molar-refractivity contribution >= 4 is 27.4 Å². The molecule has 0 aliphatic carbocycles. The van der Waals surface area contributed by atoms with E-state index in [1.807, 2.05) is 0 Å². The van der Waals surface area contributed by atoms with Crippen LogP contribution in [0.1, 0.15) is 22.8 Å². The number of hydrogen-bond acceptors (Lipinski definition) is 6. The lowest BCUT2D eigenvalue weighted by Gasteiger charge is -2.10. The summed E-state index contributed by atoms with van der Waals surface area (Å²) >= 11 is 0. The van der Waals surface area contributed by atoms with E-state index in [0.29, 0.717) is 22.6 Å². The number of carbonyl (C=O) groups is 2. The van der Waals surface area contributed by atoms with Crippen LogP contribution in [0.4, 0.5) is 5.69 Å². The Morgan fingerprint density at radius 1 is 1.04 bits per heavy atom. The Bertz CT molecular complexity index is 906. The number of sulfone groups is 1. The van der Waals surface area contributed by atoms with Gasteiger partial charge in [0.05, 0.1) is 30.7 Å². The molecule has 2 aromatic rings. The molecule has 2 rings (SSSR count). The molecule has 2 aromatic carbocycles. The van der Waals surface area contributed by atoms with Crippen LogP contribution < -0.4 is 10.1 Å². The fourth-order valence-electron chi connectivity index (χ4n) is 2.39. The van der Waals surface area contributed by atoms with Gasteiger partial charge in [0.2, 0.25) is 5.91 Å². The number of para-hydroxylation sites is 2. The van der Waals surface area contributed by atoms with Crippen LogP contribution in [-0.4, -0.2) is 39.8 Å². The van der Waals surface area contributed by atoms with Crippen LogP contribution in [-0.2, 0) is 25.1 Å². The van der Waals surface area contributed by atoms with E-state index in [-0.39, 0.29) is 12.4 Å².